The van der Waals surface area contributed by atoms with Gasteiger partial charge in [0.15, 0.2) is 5.69 Å². The number of nitrogens with zero attached hydrogens (tertiary/aromatic N) is 4. The Morgan fingerprint density at radius 2 is 2.06 bits per heavy atom. The van der Waals surface area contributed by atoms with Crippen molar-refractivity contribution in [1.29, 1.82) is 10.7 Å². The smallest absolute Gasteiger partial charge is 0.242 e. The highest BCUT2D eigenvalue weighted by Crippen LogP contribution is 2.29. The van der Waals surface area contributed by atoms with Crippen LogP contribution in [0.5, 0.6) is 11.6 Å². The van der Waals surface area contributed by atoms with E-state index in [1.807, 2.05) is 6.07 Å². The molecule has 1 aromatic carbocycles. The number of rotatable bonds is 8. The van der Waals surface area contributed by atoms with Gasteiger partial charge in [0.1, 0.15) is 35.9 Å². The molecular formula is C21H19F2N7O3. The molecule has 12 heteroatoms. The highest BCUT2D eigenvalue weighted by Gasteiger charge is 2.19. The average Bonchev–Trinajstić information content (AvgIpc) is 2.79. The van der Waals surface area contributed by atoms with Crippen molar-refractivity contribution < 1.29 is 23.5 Å². The zero-order valence-electron chi connectivity index (χ0n) is 17.6. The first-order chi connectivity index (χ1) is 15.7. The summed E-state index contributed by atoms with van der Waals surface area (Å²) in [7, 11) is 1.28. The number of ether oxygens (including phenoxy) is 2. The zero-order chi connectivity index (χ0) is 24.1. The standard InChI is InChI=1S/C21H19F2N7O3/c1-11(25)14-6-13(9-27-20(14)26)33-10-16-15(7-24)18(4-3-17(16)23)29-30(31)19-5-12(22)8-28-21(19)32-2/h3-6,8-9,25,29,31H,10H2,1-2H3,(H2,26,27). The zero-order valence-corrected chi connectivity index (χ0v) is 17.6. The normalized spacial score (nSPS) is 10.3. The van der Waals surface area contributed by atoms with Crippen molar-refractivity contribution in [3.8, 4) is 17.7 Å². The second-order valence-electron chi connectivity index (χ2n) is 6.68. The van der Waals surface area contributed by atoms with Crippen LogP contribution in [0.4, 0.5) is 26.0 Å². The van der Waals surface area contributed by atoms with E-state index < -0.39 is 11.6 Å². The third kappa shape index (κ3) is 5.05. The topological polar surface area (TPSA) is 153 Å². The number of aromatic nitrogens is 2. The molecule has 0 aliphatic rings. The van der Waals surface area contributed by atoms with Crippen molar-refractivity contribution in [3.63, 3.8) is 0 Å². The van der Waals surface area contributed by atoms with Gasteiger partial charge in [0.2, 0.25) is 5.88 Å². The van der Waals surface area contributed by atoms with E-state index in [9.17, 15) is 19.2 Å². The second-order valence-corrected chi connectivity index (χ2v) is 6.68. The molecule has 0 fully saturated rings. The van der Waals surface area contributed by atoms with Crippen LogP contribution < -0.4 is 25.8 Å². The second kappa shape index (κ2) is 9.75. The average molecular weight is 455 g/mol. The summed E-state index contributed by atoms with van der Waals surface area (Å²) in [6.07, 6.45) is 2.22. The lowest BCUT2D eigenvalue weighted by Gasteiger charge is -2.22. The lowest BCUT2D eigenvalue weighted by atomic mass is 10.1. The maximum atomic E-state index is 14.5. The number of hydrazine groups is 1. The summed E-state index contributed by atoms with van der Waals surface area (Å²) in [6.45, 7) is 1.17. The van der Waals surface area contributed by atoms with Crippen molar-refractivity contribution in [2.45, 2.75) is 13.5 Å². The summed E-state index contributed by atoms with van der Waals surface area (Å²) < 4.78 is 38.7. The molecule has 2 aromatic heterocycles. The fraction of sp³-hybridized carbons (Fsp3) is 0.143. The number of anilines is 3. The van der Waals surface area contributed by atoms with Crippen LogP contribution in [0.2, 0.25) is 0 Å². The minimum absolute atomic E-state index is 0.0118. The van der Waals surface area contributed by atoms with Gasteiger partial charge in [-0.15, -0.1) is 0 Å². The summed E-state index contributed by atoms with van der Waals surface area (Å²) >= 11 is 0. The molecule has 0 unspecified atom stereocenters. The Morgan fingerprint density at radius 3 is 2.73 bits per heavy atom. The predicted octanol–water partition coefficient (Wildman–Crippen LogP) is 3.41. The SMILES string of the molecule is COc1ncc(F)cc1N(O)Nc1ccc(F)c(COc2cnc(N)c(C(C)=N)c2)c1C#N. The van der Waals surface area contributed by atoms with Crippen LogP contribution in [0.25, 0.3) is 0 Å². The van der Waals surface area contributed by atoms with Crippen molar-refractivity contribution in [2.24, 2.45) is 0 Å². The monoisotopic (exact) mass is 455 g/mol. The van der Waals surface area contributed by atoms with Gasteiger partial charge in [0.25, 0.3) is 0 Å². The number of nitrogen functional groups attached to an aromatic ring is 1. The summed E-state index contributed by atoms with van der Waals surface area (Å²) in [5.41, 5.74) is 8.30. The quantitative estimate of drug-likeness (QED) is 0.295. The molecule has 0 bridgehead atoms. The molecule has 0 saturated carbocycles. The van der Waals surface area contributed by atoms with Crippen LogP contribution in [0.3, 0.4) is 0 Å². The van der Waals surface area contributed by atoms with E-state index in [1.165, 1.54) is 32.4 Å². The number of nitrogens with one attached hydrogen (secondary N) is 2. The first-order valence-corrected chi connectivity index (χ1v) is 9.35. The minimum atomic E-state index is -0.739. The first-order valence-electron chi connectivity index (χ1n) is 9.35. The van der Waals surface area contributed by atoms with Crippen molar-refractivity contribution in [1.82, 2.24) is 9.97 Å². The number of nitrogens with two attached hydrogens (primary N) is 1. The molecule has 10 nitrogen and oxygen atoms in total. The summed E-state index contributed by atoms with van der Waals surface area (Å²) in [4.78, 5) is 7.65. The van der Waals surface area contributed by atoms with Crippen molar-refractivity contribution >= 4 is 22.9 Å². The Labute approximate surface area is 187 Å². The van der Waals surface area contributed by atoms with Gasteiger partial charge in [0.05, 0.1) is 30.8 Å². The Balaban J connectivity index is 1.88. The maximum Gasteiger partial charge on any atom is 0.242 e. The molecule has 3 rings (SSSR count). The highest BCUT2D eigenvalue weighted by atomic mass is 19.1. The summed E-state index contributed by atoms with van der Waals surface area (Å²) in [6, 6.07) is 6.60. The minimum Gasteiger partial charge on any atom is -0.487 e. The van der Waals surface area contributed by atoms with Gasteiger partial charge >= 0.3 is 0 Å². The van der Waals surface area contributed by atoms with E-state index in [-0.39, 0.29) is 52.3 Å². The summed E-state index contributed by atoms with van der Waals surface area (Å²) in [5.74, 6) is -1.19. The molecule has 2 heterocycles. The van der Waals surface area contributed by atoms with Gasteiger partial charge in [-0.25, -0.2) is 18.7 Å². The maximum absolute atomic E-state index is 14.5. The summed E-state index contributed by atoms with van der Waals surface area (Å²) in [5, 5.41) is 28.1. The fourth-order valence-electron chi connectivity index (χ4n) is 2.87. The van der Waals surface area contributed by atoms with Gasteiger partial charge in [-0.2, -0.15) is 10.4 Å². The fourth-order valence-corrected chi connectivity index (χ4v) is 2.87. The largest absolute Gasteiger partial charge is 0.487 e. The molecule has 0 radical (unpaired) electrons. The molecule has 170 valence electrons. The molecule has 0 aliphatic carbocycles. The number of hydrogen-bond donors (Lipinski definition) is 4. The molecular weight excluding hydrogens is 436 g/mol. The van der Waals surface area contributed by atoms with E-state index in [0.29, 0.717) is 10.7 Å². The van der Waals surface area contributed by atoms with Crippen LogP contribution in [0, 0.1) is 28.4 Å². The van der Waals surface area contributed by atoms with Crippen LogP contribution in [0.15, 0.2) is 36.7 Å². The number of nitriles is 1. The third-order valence-corrected chi connectivity index (χ3v) is 4.49. The van der Waals surface area contributed by atoms with Crippen molar-refractivity contribution in [2.75, 3.05) is 23.4 Å². The van der Waals surface area contributed by atoms with Gasteiger partial charge in [-0.05, 0) is 25.1 Å². The number of methoxy groups -OCH3 is 1. The lowest BCUT2D eigenvalue weighted by Crippen LogP contribution is -2.27. The van der Waals surface area contributed by atoms with E-state index >= 15 is 0 Å². The number of benzene rings is 1. The van der Waals surface area contributed by atoms with E-state index in [1.54, 1.807) is 0 Å². The molecule has 5 N–H and O–H groups in total. The number of pyridine rings is 2. The van der Waals surface area contributed by atoms with Gasteiger partial charge < -0.3 is 20.6 Å². The van der Waals surface area contributed by atoms with E-state index in [4.69, 9.17) is 20.6 Å². The highest BCUT2D eigenvalue weighted by molar-refractivity contribution is 6.00. The Hall–Kier alpha value is -4.50. The van der Waals surface area contributed by atoms with Crippen LogP contribution >= 0.6 is 0 Å². The molecule has 0 saturated heterocycles. The number of halogens is 2. The van der Waals surface area contributed by atoms with Gasteiger partial charge in [0, 0.05) is 22.9 Å². The molecule has 0 spiro atoms. The molecule has 3 aromatic rings. The van der Waals surface area contributed by atoms with Crippen LogP contribution in [-0.2, 0) is 6.61 Å². The Bertz CT molecular complexity index is 1250. The molecule has 0 aliphatic heterocycles. The first kappa shape index (κ1) is 23.2. The molecule has 33 heavy (non-hydrogen) atoms. The number of hydrogen-bond acceptors (Lipinski definition) is 10. The lowest BCUT2D eigenvalue weighted by molar-refractivity contribution is 0.269. The van der Waals surface area contributed by atoms with Crippen molar-refractivity contribution in [3.05, 3.63) is 65.0 Å². The van der Waals surface area contributed by atoms with E-state index in [0.717, 1.165) is 18.3 Å². The van der Waals surface area contributed by atoms with Gasteiger partial charge in [-0.3, -0.25) is 10.6 Å². The van der Waals surface area contributed by atoms with Crippen LogP contribution in [0.1, 0.15) is 23.6 Å². The molecule has 0 amide bonds. The molecule has 0 atom stereocenters. The Kier molecular flexibility index (Phi) is 6.85. The predicted molar refractivity (Wildman–Crippen MR) is 115 cm³/mol. The Morgan fingerprint density at radius 1 is 1.30 bits per heavy atom. The van der Waals surface area contributed by atoms with Gasteiger partial charge in [-0.1, -0.05) is 0 Å². The van der Waals surface area contributed by atoms with Crippen LogP contribution in [-0.4, -0.2) is 28.0 Å². The van der Waals surface area contributed by atoms with E-state index in [2.05, 4.69) is 15.4 Å². The third-order valence-electron chi connectivity index (χ3n) is 4.49.